The van der Waals surface area contributed by atoms with E-state index in [1.165, 1.54) is 6.07 Å². The van der Waals surface area contributed by atoms with Crippen LogP contribution in [-0.4, -0.2) is 22.7 Å². The van der Waals surface area contributed by atoms with E-state index in [9.17, 15) is 19.8 Å². The van der Waals surface area contributed by atoms with Crippen molar-refractivity contribution in [3.05, 3.63) is 69.4 Å². The van der Waals surface area contributed by atoms with Gasteiger partial charge in [-0.05, 0) is 36.6 Å². The van der Waals surface area contributed by atoms with Gasteiger partial charge in [-0.15, -0.1) is 0 Å². The maximum atomic E-state index is 12.2. The summed E-state index contributed by atoms with van der Waals surface area (Å²) in [6.45, 7) is 2.02. The Labute approximate surface area is 127 Å². The summed E-state index contributed by atoms with van der Waals surface area (Å²) in [5.74, 6) is -1.64. The molecule has 0 saturated heterocycles. The Hall–Kier alpha value is -2.82. The normalized spacial score (nSPS) is 10.2. The first-order chi connectivity index (χ1) is 10.5. The quantitative estimate of drug-likeness (QED) is 0.802. The van der Waals surface area contributed by atoms with E-state index in [4.69, 9.17) is 0 Å². The third-order valence-electron chi connectivity index (χ3n) is 3.31. The maximum Gasteiger partial charge on any atom is 0.261 e. The van der Waals surface area contributed by atoms with E-state index in [0.29, 0.717) is 18.5 Å². The standard InChI is InChI=1S/C17H17NO4/c1-11-9-14(19)16(21)15(20)10-13(11)17(22)18-8-7-12-5-3-2-4-6-12/h2-6,9-10H,7-8H2,1H3,(H,18,22)(H2,19,20,21). The second-order valence-corrected chi connectivity index (χ2v) is 4.98. The molecule has 0 heterocycles. The van der Waals surface area contributed by atoms with Crippen molar-refractivity contribution in [3.63, 3.8) is 0 Å². The van der Waals surface area contributed by atoms with Crippen LogP contribution in [0.5, 0.6) is 11.5 Å². The minimum Gasteiger partial charge on any atom is -0.504 e. The molecule has 0 radical (unpaired) electrons. The molecule has 0 atom stereocenters. The summed E-state index contributed by atoms with van der Waals surface area (Å²) in [6, 6.07) is 12.0. The molecule has 0 aliphatic heterocycles. The first-order valence-electron chi connectivity index (χ1n) is 6.88. The van der Waals surface area contributed by atoms with Crippen molar-refractivity contribution in [2.75, 3.05) is 6.54 Å². The van der Waals surface area contributed by atoms with E-state index in [1.54, 1.807) is 6.92 Å². The van der Waals surface area contributed by atoms with Crippen LogP contribution < -0.4 is 10.7 Å². The molecule has 2 aromatic rings. The lowest BCUT2D eigenvalue weighted by Gasteiger charge is -2.06. The van der Waals surface area contributed by atoms with E-state index in [1.807, 2.05) is 30.3 Å². The predicted molar refractivity (Wildman–Crippen MR) is 83.3 cm³/mol. The third kappa shape index (κ3) is 3.63. The molecule has 114 valence electrons. The molecule has 0 unspecified atom stereocenters. The fourth-order valence-corrected chi connectivity index (χ4v) is 2.10. The van der Waals surface area contributed by atoms with E-state index in [-0.39, 0.29) is 5.56 Å². The first kappa shape index (κ1) is 15.6. The number of amides is 1. The number of carbonyl (C=O) groups excluding carboxylic acids is 1. The van der Waals surface area contributed by atoms with Crippen molar-refractivity contribution >= 4 is 5.91 Å². The van der Waals surface area contributed by atoms with Crippen LogP contribution >= 0.6 is 0 Å². The molecule has 2 aromatic carbocycles. The second-order valence-electron chi connectivity index (χ2n) is 4.98. The Bertz CT molecular complexity index is 742. The highest BCUT2D eigenvalue weighted by Crippen LogP contribution is 2.15. The van der Waals surface area contributed by atoms with Crippen molar-refractivity contribution in [1.82, 2.24) is 5.32 Å². The van der Waals surface area contributed by atoms with Gasteiger partial charge in [0.2, 0.25) is 0 Å². The third-order valence-corrected chi connectivity index (χ3v) is 3.31. The summed E-state index contributed by atoms with van der Waals surface area (Å²) in [5.41, 5.74) is 0.766. The van der Waals surface area contributed by atoms with Crippen molar-refractivity contribution in [3.8, 4) is 11.5 Å². The highest BCUT2D eigenvalue weighted by Gasteiger charge is 2.12. The van der Waals surface area contributed by atoms with Crippen LogP contribution in [0.15, 0.2) is 47.3 Å². The van der Waals surface area contributed by atoms with Gasteiger partial charge in [-0.1, -0.05) is 30.3 Å². The summed E-state index contributed by atoms with van der Waals surface area (Å²) in [7, 11) is 0. The number of aromatic hydroxyl groups is 2. The van der Waals surface area contributed by atoms with Gasteiger partial charge in [0.15, 0.2) is 11.5 Å². The Morgan fingerprint density at radius 2 is 1.73 bits per heavy atom. The molecule has 5 heteroatoms. The fraction of sp³-hybridized carbons (Fsp3) is 0.176. The number of carbonyl (C=O) groups is 1. The lowest BCUT2D eigenvalue weighted by atomic mass is 10.1. The van der Waals surface area contributed by atoms with Crippen LogP contribution in [-0.2, 0) is 6.42 Å². The van der Waals surface area contributed by atoms with Gasteiger partial charge in [-0.25, -0.2) is 0 Å². The first-order valence-corrected chi connectivity index (χ1v) is 6.88. The molecule has 0 aromatic heterocycles. The molecule has 1 amide bonds. The lowest BCUT2D eigenvalue weighted by Crippen LogP contribution is -2.26. The van der Waals surface area contributed by atoms with Crippen LogP contribution in [0.4, 0.5) is 0 Å². The summed E-state index contributed by atoms with van der Waals surface area (Å²) in [6.07, 6.45) is 0.675. The van der Waals surface area contributed by atoms with Gasteiger partial charge >= 0.3 is 0 Å². The van der Waals surface area contributed by atoms with E-state index in [2.05, 4.69) is 5.32 Å². The molecule has 0 aliphatic carbocycles. The van der Waals surface area contributed by atoms with Crippen LogP contribution in [0.1, 0.15) is 21.5 Å². The molecule has 0 saturated carbocycles. The Morgan fingerprint density at radius 3 is 2.41 bits per heavy atom. The SMILES string of the molecule is Cc1cc(O)c(=O)c(O)cc1C(=O)NCCc1ccccc1. The fourth-order valence-electron chi connectivity index (χ4n) is 2.10. The largest absolute Gasteiger partial charge is 0.504 e. The van der Waals surface area contributed by atoms with E-state index in [0.717, 1.165) is 11.6 Å². The molecule has 0 fully saturated rings. The molecule has 0 spiro atoms. The van der Waals surface area contributed by atoms with Crippen molar-refractivity contribution in [2.45, 2.75) is 13.3 Å². The maximum absolute atomic E-state index is 12.2. The second kappa shape index (κ2) is 6.76. The minimum absolute atomic E-state index is 0.156. The van der Waals surface area contributed by atoms with Crippen LogP contribution in [0.25, 0.3) is 0 Å². The summed E-state index contributed by atoms with van der Waals surface area (Å²) < 4.78 is 0. The lowest BCUT2D eigenvalue weighted by molar-refractivity contribution is 0.0953. The Kier molecular flexibility index (Phi) is 4.78. The zero-order valence-electron chi connectivity index (χ0n) is 12.2. The molecule has 3 N–H and O–H groups in total. The number of hydrogen-bond donors (Lipinski definition) is 3. The zero-order valence-corrected chi connectivity index (χ0v) is 12.2. The molecular formula is C17H17NO4. The average molecular weight is 299 g/mol. The van der Waals surface area contributed by atoms with E-state index >= 15 is 0 Å². The summed E-state index contributed by atoms with van der Waals surface area (Å²) in [4.78, 5) is 23.6. The number of aryl methyl sites for hydroxylation is 1. The van der Waals surface area contributed by atoms with Crippen molar-refractivity contribution in [1.29, 1.82) is 0 Å². The predicted octanol–water partition coefficient (Wildman–Crippen LogP) is 1.74. The summed E-state index contributed by atoms with van der Waals surface area (Å²) >= 11 is 0. The van der Waals surface area contributed by atoms with Gasteiger partial charge in [0, 0.05) is 12.1 Å². The summed E-state index contributed by atoms with van der Waals surface area (Å²) in [5, 5.41) is 21.8. The van der Waals surface area contributed by atoms with Crippen LogP contribution in [0, 0.1) is 6.92 Å². The zero-order chi connectivity index (χ0) is 16.1. The van der Waals surface area contributed by atoms with Crippen LogP contribution in [0.3, 0.4) is 0 Å². The highest BCUT2D eigenvalue weighted by atomic mass is 16.3. The Balaban J connectivity index is 2.12. The monoisotopic (exact) mass is 299 g/mol. The smallest absolute Gasteiger partial charge is 0.261 e. The molecule has 5 nitrogen and oxygen atoms in total. The molecule has 2 rings (SSSR count). The van der Waals surface area contributed by atoms with Gasteiger partial charge in [0.25, 0.3) is 11.3 Å². The number of nitrogens with one attached hydrogen (secondary N) is 1. The van der Waals surface area contributed by atoms with E-state index < -0.39 is 22.8 Å². The molecule has 22 heavy (non-hydrogen) atoms. The number of hydrogen-bond acceptors (Lipinski definition) is 4. The molecule has 0 aliphatic rings. The topological polar surface area (TPSA) is 86.6 Å². The van der Waals surface area contributed by atoms with Gasteiger partial charge < -0.3 is 15.5 Å². The number of benzene rings is 1. The van der Waals surface area contributed by atoms with Crippen LogP contribution in [0.2, 0.25) is 0 Å². The van der Waals surface area contributed by atoms with Gasteiger partial charge in [0.1, 0.15) is 0 Å². The highest BCUT2D eigenvalue weighted by molar-refractivity contribution is 5.95. The Morgan fingerprint density at radius 1 is 1.09 bits per heavy atom. The molecule has 0 bridgehead atoms. The van der Waals surface area contributed by atoms with Crippen molar-refractivity contribution < 1.29 is 15.0 Å². The van der Waals surface area contributed by atoms with Gasteiger partial charge in [-0.3, -0.25) is 9.59 Å². The number of rotatable bonds is 4. The van der Waals surface area contributed by atoms with Crippen molar-refractivity contribution in [2.24, 2.45) is 0 Å². The molecular weight excluding hydrogens is 282 g/mol. The average Bonchev–Trinajstić information content (AvgIpc) is 2.60. The van der Waals surface area contributed by atoms with Gasteiger partial charge in [0.05, 0.1) is 0 Å². The minimum atomic E-state index is -0.897. The van der Waals surface area contributed by atoms with Gasteiger partial charge in [-0.2, -0.15) is 0 Å².